The fraction of sp³-hybridized carbons (Fsp3) is 0.524. The summed E-state index contributed by atoms with van der Waals surface area (Å²) in [5.74, 6) is 0.972. The van der Waals surface area contributed by atoms with Crippen LogP contribution >= 0.6 is 0 Å². The smallest absolute Gasteiger partial charge is 0.193 e. The Balaban J connectivity index is 1.57. The van der Waals surface area contributed by atoms with Gasteiger partial charge in [0, 0.05) is 64.3 Å². The molecular weight excluding hydrogens is 350 g/mol. The third-order valence-electron chi connectivity index (χ3n) is 5.34. The van der Waals surface area contributed by atoms with Crippen LogP contribution in [-0.4, -0.2) is 79.4 Å². The number of piperazine rings is 1. The van der Waals surface area contributed by atoms with E-state index < -0.39 is 0 Å². The second-order valence-corrected chi connectivity index (χ2v) is 7.67. The van der Waals surface area contributed by atoms with Crippen LogP contribution in [0.4, 0.5) is 5.69 Å². The molecule has 7 heteroatoms. The van der Waals surface area contributed by atoms with Gasteiger partial charge in [-0.15, -0.1) is 0 Å². The number of anilines is 1. The molecule has 3 rings (SSSR count). The SMILES string of the molecule is CN=C(NCC(c1cnn(C)c1)N(C)C)N1CCN(c2cccc(C)c2)CC1. The summed E-state index contributed by atoms with van der Waals surface area (Å²) in [4.78, 5) is 11.5. The second-order valence-electron chi connectivity index (χ2n) is 7.67. The maximum absolute atomic E-state index is 4.53. The van der Waals surface area contributed by atoms with Gasteiger partial charge in [0.15, 0.2) is 5.96 Å². The van der Waals surface area contributed by atoms with Crippen LogP contribution in [0, 0.1) is 6.92 Å². The number of aromatic nitrogens is 2. The largest absolute Gasteiger partial charge is 0.368 e. The number of nitrogens with one attached hydrogen (secondary N) is 1. The van der Waals surface area contributed by atoms with E-state index in [4.69, 9.17) is 0 Å². The van der Waals surface area contributed by atoms with E-state index in [0.717, 1.165) is 38.7 Å². The average molecular weight is 384 g/mol. The van der Waals surface area contributed by atoms with Crippen molar-refractivity contribution in [3.63, 3.8) is 0 Å². The van der Waals surface area contributed by atoms with E-state index >= 15 is 0 Å². The van der Waals surface area contributed by atoms with Crippen molar-refractivity contribution in [3.05, 3.63) is 47.8 Å². The van der Waals surface area contributed by atoms with Crippen LogP contribution in [-0.2, 0) is 7.05 Å². The number of nitrogens with zero attached hydrogens (tertiary/aromatic N) is 6. The van der Waals surface area contributed by atoms with E-state index in [2.05, 4.69) is 81.6 Å². The van der Waals surface area contributed by atoms with Crippen molar-refractivity contribution in [1.29, 1.82) is 0 Å². The molecule has 1 aromatic carbocycles. The van der Waals surface area contributed by atoms with E-state index in [1.807, 2.05) is 25.0 Å². The van der Waals surface area contributed by atoms with Gasteiger partial charge in [-0.3, -0.25) is 9.67 Å². The van der Waals surface area contributed by atoms with Crippen molar-refractivity contribution >= 4 is 11.6 Å². The molecule has 0 aliphatic carbocycles. The van der Waals surface area contributed by atoms with Crippen molar-refractivity contribution in [2.45, 2.75) is 13.0 Å². The number of likely N-dealkylation sites (N-methyl/N-ethyl adjacent to an activating group) is 1. The van der Waals surface area contributed by atoms with Gasteiger partial charge in [0.2, 0.25) is 0 Å². The van der Waals surface area contributed by atoms with Gasteiger partial charge in [0.25, 0.3) is 0 Å². The predicted molar refractivity (Wildman–Crippen MR) is 116 cm³/mol. The standard InChI is InChI=1S/C21H33N7/c1-17-7-6-8-19(13-17)27-9-11-28(12-10-27)21(22-2)23-15-20(25(3)4)18-14-24-26(5)16-18/h6-8,13-14,16,20H,9-12,15H2,1-5H3,(H,22,23). The van der Waals surface area contributed by atoms with Gasteiger partial charge in [-0.2, -0.15) is 5.10 Å². The maximum Gasteiger partial charge on any atom is 0.193 e. The predicted octanol–water partition coefficient (Wildman–Crippen LogP) is 1.73. The number of guanidine groups is 1. The molecule has 28 heavy (non-hydrogen) atoms. The summed E-state index contributed by atoms with van der Waals surface area (Å²) in [5.41, 5.74) is 3.83. The highest BCUT2D eigenvalue weighted by molar-refractivity contribution is 5.80. The molecule has 7 nitrogen and oxygen atoms in total. The molecule has 0 spiro atoms. The van der Waals surface area contributed by atoms with Gasteiger partial charge < -0.3 is 20.0 Å². The monoisotopic (exact) mass is 383 g/mol. The molecule has 1 saturated heterocycles. The number of hydrogen-bond donors (Lipinski definition) is 1. The molecule has 1 aliphatic heterocycles. The normalized spacial score (nSPS) is 16.6. The Morgan fingerprint density at radius 3 is 2.57 bits per heavy atom. The van der Waals surface area contributed by atoms with Crippen LogP contribution in [0.3, 0.4) is 0 Å². The summed E-state index contributed by atoms with van der Waals surface area (Å²) in [5, 5.41) is 7.89. The Morgan fingerprint density at radius 2 is 2.00 bits per heavy atom. The molecule has 0 radical (unpaired) electrons. The Morgan fingerprint density at radius 1 is 1.25 bits per heavy atom. The van der Waals surface area contributed by atoms with Gasteiger partial charge in [0.05, 0.1) is 12.2 Å². The van der Waals surface area contributed by atoms with Crippen LogP contribution < -0.4 is 10.2 Å². The van der Waals surface area contributed by atoms with E-state index in [9.17, 15) is 0 Å². The van der Waals surface area contributed by atoms with E-state index in [1.165, 1.54) is 16.8 Å². The zero-order valence-electron chi connectivity index (χ0n) is 17.8. The number of benzene rings is 1. The Labute approximate surface area is 168 Å². The van der Waals surface area contributed by atoms with Gasteiger partial charge in [0.1, 0.15) is 0 Å². The number of aliphatic imine (C=N–C) groups is 1. The van der Waals surface area contributed by atoms with Gasteiger partial charge in [-0.1, -0.05) is 12.1 Å². The Hall–Kier alpha value is -2.54. The molecule has 1 fully saturated rings. The van der Waals surface area contributed by atoms with Crippen molar-refractivity contribution < 1.29 is 0 Å². The lowest BCUT2D eigenvalue weighted by atomic mass is 10.1. The molecular formula is C21H33N7. The molecule has 0 amide bonds. The molecule has 2 heterocycles. The summed E-state index contributed by atoms with van der Waals surface area (Å²) < 4.78 is 1.85. The van der Waals surface area contributed by atoms with Gasteiger partial charge in [-0.25, -0.2) is 0 Å². The van der Waals surface area contributed by atoms with E-state index in [-0.39, 0.29) is 6.04 Å². The Bertz CT molecular complexity index is 788. The lowest BCUT2D eigenvalue weighted by Crippen LogP contribution is -2.53. The van der Waals surface area contributed by atoms with Crippen molar-refractivity contribution in [2.75, 3.05) is 58.8 Å². The fourth-order valence-electron chi connectivity index (χ4n) is 3.73. The molecule has 1 atom stereocenters. The minimum Gasteiger partial charge on any atom is -0.368 e. The second kappa shape index (κ2) is 9.10. The number of hydrogen-bond acceptors (Lipinski definition) is 4. The average Bonchev–Trinajstić information content (AvgIpc) is 3.11. The topological polar surface area (TPSA) is 51.9 Å². The molecule has 1 aliphatic rings. The molecule has 0 saturated carbocycles. The minimum absolute atomic E-state index is 0.249. The van der Waals surface area contributed by atoms with Crippen LogP contribution in [0.5, 0.6) is 0 Å². The van der Waals surface area contributed by atoms with Gasteiger partial charge >= 0.3 is 0 Å². The number of rotatable bonds is 5. The van der Waals surface area contributed by atoms with Gasteiger partial charge in [-0.05, 0) is 38.7 Å². The van der Waals surface area contributed by atoms with Crippen LogP contribution in [0.1, 0.15) is 17.2 Å². The highest BCUT2D eigenvalue weighted by atomic mass is 15.4. The van der Waals surface area contributed by atoms with Crippen LogP contribution in [0.15, 0.2) is 41.7 Å². The third-order valence-corrected chi connectivity index (χ3v) is 5.34. The van der Waals surface area contributed by atoms with E-state index in [0.29, 0.717) is 0 Å². The first-order valence-electron chi connectivity index (χ1n) is 9.90. The molecule has 1 N–H and O–H groups in total. The quantitative estimate of drug-likeness (QED) is 0.630. The molecule has 2 aromatic rings. The first kappa shape index (κ1) is 20.2. The summed E-state index contributed by atoms with van der Waals surface area (Å²) in [6, 6.07) is 9.00. The molecule has 152 valence electrons. The molecule has 1 aromatic heterocycles. The lowest BCUT2D eigenvalue weighted by Gasteiger charge is -2.38. The minimum atomic E-state index is 0.249. The van der Waals surface area contributed by atoms with Crippen molar-refractivity contribution in [1.82, 2.24) is 24.9 Å². The molecule has 1 unspecified atom stereocenters. The third kappa shape index (κ3) is 4.84. The Kier molecular flexibility index (Phi) is 6.57. The van der Waals surface area contributed by atoms with E-state index in [1.54, 1.807) is 0 Å². The summed E-state index contributed by atoms with van der Waals surface area (Å²) in [6.07, 6.45) is 4.02. The highest BCUT2D eigenvalue weighted by Crippen LogP contribution is 2.19. The summed E-state index contributed by atoms with van der Waals surface area (Å²) in [6.45, 7) is 6.88. The van der Waals surface area contributed by atoms with Crippen LogP contribution in [0.2, 0.25) is 0 Å². The molecule has 0 bridgehead atoms. The highest BCUT2D eigenvalue weighted by Gasteiger charge is 2.22. The zero-order valence-corrected chi connectivity index (χ0v) is 17.8. The first-order chi connectivity index (χ1) is 13.5. The first-order valence-corrected chi connectivity index (χ1v) is 9.90. The summed E-state index contributed by atoms with van der Waals surface area (Å²) >= 11 is 0. The number of aryl methyl sites for hydroxylation is 2. The zero-order chi connectivity index (χ0) is 20.1. The van der Waals surface area contributed by atoms with Crippen molar-refractivity contribution in [3.8, 4) is 0 Å². The fourth-order valence-corrected chi connectivity index (χ4v) is 3.73. The maximum atomic E-state index is 4.53. The lowest BCUT2D eigenvalue weighted by molar-refractivity contribution is 0.292. The summed E-state index contributed by atoms with van der Waals surface area (Å²) in [7, 11) is 8.02. The van der Waals surface area contributed by atoms with Crippen LogP contribution in [0.25, 0.3) is 0 Å². The van der Waals surface area contributed by atoms with Crippen molar-refractivity contribution in [2.24, 2.45) is 12.0 Å².